The monoisotopic (exact) mass is 387 g/mol. The van der Waals surface area contributed by atoms with Gasteiger partial charge in [-0.2, -0.15) is 10.5 Å². The highest BCUT2D eigenvalue weighted by Crippen LogP contribution is 2.14. The number of rotatable bonds is 6. The maximum atomic E-state index is 12.5. The minimum Gasteiger partial charge on any atom is -0.339 e. The molecular formula is C16H14BrN5O2. The van der Waals surface area contributed by atoms with E-state index in [1.54, 1.807) is 18.2 Å². The molecule has 0 saturated carbocycles. The standard InChI is InChI=1S/C16H14BrN5O2/c17-12-3-4-14-13(9-12)16(24)22(11-20-14)10-15(23)21(7-1-5-18)8-2-6-19/h3-4,9,11H,1-2,7-8,10H2. The first-order valence-corrected chi connectivity index (χ1v) is 8.02. The summed E-state index contributed by atoms with van der Waals surface area (Å²) in [5.74, 6) is -0.321. The molecule has 1 aromatic carbocycles. The fraction of sp³-hybridized carbons (Fsp3) is 0.312. The summed E-state index contributed by atoms with van der Waals surface area (Å²) in [5.41, 5.74) is 0.243. The fourth-order valence-corrected chi connectivity index (χ4v) is 2.58. The van der Waals surface area contributed by atoms with E-state index in [0.717, 1.165) is 4.47 Å². The number of benzene rings is 1. The molecule has 24 heavy (non-hydrogen) atoms. The quantitative estimate of drug-likeness (QED) is 0.751. The van der Waals surface area contributed by atoms with Gasteiger partial charge in [-0.25, -0.2) is 4.98 Å². The van der Waals surface area contributed by atoms with Gasteiger partial charge in [-0.15, -0.1) is 0 Å². The van der Waals surface area contributed by atoms with E-state index in [1.165, 1.54) is 15.8 Å². The van der Waals surface area contributed by atoms with Crippen molar-refractivity contribution >= 4 is 32.7 Å². The van der Waals surface area contributed by atoms with Crippen LogP contribution in [0, 0.1) is 22.7 Å². The van der Waals surface area contributed by atoms with Gasteiger partial charge in [-0.1, -0.05) is 15.9 Å². The van der Waals surface area contributed by atoms with Gasteiger partial charge < -0.3 is 4.90 Å². The summed E-state index contributed by atoms with van der Waals surface area (Å²) in [7, 11) is 0. The number of hydrogen-bond donors (Lipinski definition) is 0. The van der Waals surface area contributed by atoms with Crippen molar-refractivity contribution in [2.45, 2.75) is 19.4 Å². The third kappa shape index (κ3) is 4.18. The Balaban J connectivity index is 2.25. The lowest BCUT2D eigenvalue weighted by Crippen LogP contribution is -2.37. The first kappa shape index (κ1) is 17.6. The number of carbonyl (C=O) groups excluding carboxylic acids is 1. The number of hydrogen-bond acceptors (Lipinski definition) is 5. The van der Waals surface area contributed by atoms with Gasteiger partial charge >= 0.3 is 0 Å². The van der Waals surface area contributed by atoms with E-state index in [0.29, 0.717) is 10.9 Å². The van der Waals surface area contributed by atoms with Gasteiger partial charge in [0, 0.05) is 17.6 Å². The summed E-state index contributed by atoms with van der Waals surface area (Å²) in [5, 5.41) is 17.8. The normalized spacial score (nSPS) is 10.1. The van der Waals surface area contributed by atoms with Crippen molar-refractivity contribution in [1.29, 1.82) is 10.5 Å². The molecule has 0 aliphatic heterocycles. The lowest BCUT2D eigenvalue weighted by atomic mass is 10.2. The average molecular weight is 388 g/mol. The van der Waals surface area contributed by atoms with Crippen molar-refractivity contribution in [3.63, 3.8) is 0 Å². The Hall–Kier alpha value is -2.71. The van der Waals surface area contributed by atoms with Crippen molar-refractivity contribution in [3.05, 3.63) is 39.4 Å². The summed E-state index contributed by atoms with van der Waals surface area (Å²) in [6.07, 6.45) is 1.69. The van der Waals surface area contributed by atoms with Crippen LogP contribution in [0.15, 0.2) is 33.8 Å². The first-order chi connectivity index (χ1) is 11.6. The largest absolute Gasteiger partial charge is 0.339 e. The van der Waals surface area contributed by atoms with Crippen LogP contribution >= 0.6 is 15.9 Å². The summed E-state index contributed by atoms with van der Waals surface area (Å²) in [6.45, 7) is 0.293. The molecule has 1 amide bonds. The number of nitrogens with zero attached hydrogens (tertiary/aromatic N) is 5. The van der Waals surface area contributed by atoms with E-state index >= 15 is 0 Å². The molecule has 0 radical (unpaired) electrons. The molecular weight excluding hydrogens is 374 g/mol. The lowest BCUT2D eigenvalue weighted by Gasteiger charge is -2.20. The smallest absolute Gasteiger partial charge is 0.261 e. The second-order valence-electron chi connectivity index (χ2n) is 5.04. The van der Waals surface area contributed by atoms with Crippen molar-refractivity contribution in [2.24, 2.45) is 0 Å². The molecule has 0 unspecified atom stereocenters. The third-order valence-electron chi connectivity index (χ3n) is 3.43. The molecule has 0 aliphatic carbocycles. The van der Waals surface area contributed by atoms with Gasteiger partial charge in [0.1, 0.15) is 6.54 Å². The SMILES string of the molecule is N#CCCN(CCC#N)C(=O)Cn1cnc2ccc(Br)cc2c1=O. The van der Waals surface area contributed by atoms with Crippen LogP contribution in [0.25, 0.3) is 10.9 Å². The zero-order valence-corrected chi connectivity index (χ0v) is 14.4. The third-order valence-corrected chi connectivity index (χ3v) is 3.92. The van der Waals surface area contributed by atoms with Gasteiger partial charge in [0.2, 0.25) is 5.91 Å². The predicted molar refractivity (Wildman–Crippen MR) is 90.7 cm³/mol. The Morgan fingerprint density at radius 1 is 1.25 bits per heavy atom. The number of nitriles is 2. The topological polar surface area (TPSA) is 103 Å². The van der Waals surface area contributed by atoms with Crippen LogP contribution in [-0.4, -0.2) is 33.4 Å². The molecule has 2 rings (SSSR count). The highest BCUT2D eigenvalue weighted by Gasteiger charge is 2.15. The Morgan fingerprint density at radius 2 is 1.92 bits per heavy atom. The summed E-state index contributed by atoms with van der Waals surface area (Å²) >= 11 is 3.31. The minimum atomic E-state index is -0.321. The number of halogens is 1. The molecule has 1 aromatic heterocycles. The van der Waals surface area contributed by atoms with Crippen LogP contribution in [0.2, 0.25) is 0 Å². The Labute approximate surface area is 146 Å². The Bertz CT molecular complexity index is 876. The number of amides is 1. The fourth-order valence-electron chi connectivity index (χ4n) is 2.22. The first-order valence-electron chi connectivity index (χ1n) is 7.23. The number of fused-ring (bicyclic) bond motifs is 1. The van der Waals surface area contributed by atoms with E-state index < -0.39 is 0 Å². The van der Waals surface area contributed by atoms with Gasteiger partial charge in [0.25, 0.3) is 5.56 Å². The summed E-state index contributed by atoms with van der Waals surface area (Å²) < 4.78 is 1.99. The van der Waals surface area contributed by atoms with Crippen molar-refractivity contribution in [1.82, 2.24) is 14.5 Å². The highest BCUT2D eigenvalue weighted by molar-refractivity contribution is 9.10. The maximum absolute atomic E-state index is 12.5. The molecule has 0 atom stereocenters. The summed E-state index contributed by atoms with van der Waals surface area (Å²) in [4.78, 5) is 30.5. The highest BCUT2D eigenvalue weighted by atomic mass is 79.9. The van der Waals surface area contributed by atoms with Crippen LogP contribution in [0.3, 0.4) is 0 Å². The maximum Gasteiger partial charge on any atom is 0.261 e. The van der Waals surface area contributed by atoms with Crippen LogP contribution in [-0.2, 0) is 11.3 Å². The molecule has 2 aromatic rings. The molecule has 8 heteroatoms. The molecule has 0 fully saturated rings. The molecule has 1 heterocycles. The van der Waals surface area contributed by atoms with Crippen LogP contribution in [0.4, 0.5) is 0 Å². The lowest BCUT2D eigenvalue weighted by molar-refractivity contribution is -0.131. The van der Waals surface area contributed by atoms with Crippen LogP contribution in [0.5, 0.6) is 0 Å². The molecule has 0 saturated heterocycles. The van der Waals surface area contributed by atoms with Crippen molar-refractivity contribution < 1.29 is 4.79 Å². The molecule has 0 spiro atoms. The minimum absolute atomic E-state index is 0.175. The zero-order valence-electron chi connectivity index (χ0n) is 12.8. The van der Waals surface area contributed by atoms with Gasteiger partial charge in [-0.3, -0.25) is 14.2 Å². The van der Waals surface area contributed by atoms with E-state index in [2.05, 4.69) is 20.9 Å². The Kier molecular flexibility index (Phi) is 6.05. The van der Waals surface area contributed by atoms with E-state index in [-0.39, 0.29) is 43.9 Å². The van der Waals surface area contributed by atoms with Crippen LogP contribution in [0.1, 0.15) is 12.8 Å². The zero-order chi connectivity index (χ0) is 17.5. The number of carbonyl (C=O) groups is 1. The average Bonchev–Trinajstić information content (AvgIpc) is 2.58. The van der Waals surface area contributed by atoms with Crippen molar-refractivity contribution in [2.75, 3.05) is 13.1 Å². The van der Waals surface area contributed by atoms with E-state index in [1.807, 2.05) is 12.1 Å². The second kappa shape index (κ2) is 8.23. The molecule has 0 N–H and O–H groups in total. The van der Waals surface area contributed by atoms with E-state index in [9.17, 15) is 9.59 Å². The number of aromatic nitrogens is 2. The van der Waals surface area contributed by atoms with E-state index in [4.69, 9.17) is 10.5 Å². The van der Waals surface area contributed by atoms with Crippen molar-refractivity contribution in [3.8, 4) is 12.1 Å². The predicted octanol–water partition coefficient (Wildman–Crippen LogP) is 1.81. The van der Waals surface area contributed by atoms with Gasteiger partial charge in [0.15, 0.2) is 0 Å². The summed E-state index contributed by atoms with van der Waals surface area (Å²) in [6, 6.07) is 9.11. The van der Waals surface area contributed by atoms with Crippen LogP contribution < -0.4 is 5.56 Å². The molecule has 7 nitrogen and oxygen atoms in total. The van der Waals surface area contributed by atoms with Gasteiger partial charge in [-0.05, 0) is 18.2 Å². The Morgan fingerprint density at radius 3 is 2.54 bits per heavy atom. The molecule has 122 valence electrons. The second-order valence-corrected chi connectivity index (χ2v) is 5.95. The van der Waals surface area contributed by atoms with Gasteiger partial charge in [0.05, 0.1) is 42.2 Å². The molecule has 0 aliphatic rings. The molecule has 0 bridgehead atoms.